The summed E-state index contributed by atoms with van der Waals surface area (Å²) >= 11 is 0. The third-order valence-electron chi connectivity index (χ3n) is 6.22. The van der Waals surface area contributed by atoms with Gasteiger partial charge in [0.25, 0.3) is 5.91 Å². The van der Waals surface area contributed by atoms with Crippen molar-refractivity contribution in [2.24, 2.45) is 0 Å². The first kappa shape index (κ1) is 26.9. The Bertz CT molecular complexity index is 1500. The summed E-state index contributed by atoms with van der Waals surface area (Å²) < 4.78 is 81.1. The Balaban J connectivity index is 1.50. The fourth-order valence-electron chi connectivity index (χ4n) is 4.41. The molecule has 2 aliphatic rings. The molecule has 1 fully saturated rings. The average Bonchev–Trinajstić information content (AvgIpc) is 3.33. The maximum atomic E-state index is 13.7. The molecule has 3 aromatic rings. The van der Waals surface area contributed by atoms with Crippen LogP contribution in [-0.2, 0) is 20.8 Å². The van der Waals surface area contributed by atoms with Gasteiger partial charge in [0, 0.05) is 43.8 Å². The number of hydrogen-bond acceptors (Lipinski definition) is 9. The smallest absolute Gasteiger partial charge is 0.418 e. The molecule has 0 atom stereocenters. The Morgan fingerprint density at radius 1 is 1.10 bits per heavy atom. The molecule has 5 rings (SSSR count). The first-order valence-corrected chi connectivity index (χ1v) is 14.1. The number of nitrogens with one attached hydrogen (secondary N) is 3. The fraction of sp³-hybridized carbons (Fsp3) is 0.417. The molecular formula is C24H26F3N5O6S. The van der Waals surface area contributed by atoms with Crippen molar-refractivity contribution >= 4 is 44.0 Å². The van der Waals surface area contributed by atoms with E-state index >= 15 is 0 Å². The van der Waals surface area contributed by atoms with E-state index in [9.17, 15) is 26.4 Å². The van der Waals surface area contributed by atoms with Gasteiger partial charge in [-0.25, -0.2) is 13.4 Å². The van der Waals surface area contributed by atoms with Crippen LogP contribution in [0, 0.1) is 0 Å². The second-order valence-corrected chi connectivity index (χ2v) is 11.3. The summed E-state index contributed by atoms with van der Waals surface area (Å²) in [4.78, 5) is 21.6. The molecule has 0 unspecified atom stereocenters. The second-order valence-electron chi connectivity index (χ2n) is 9.08. The Labute approximate surface area is 221 Å². The number of aromatic nitrogens is 2. The van der Waals surface area contributed by atoms with Gasteiger partial charge in [-0.2, -0.15) is 13.2 Å². The lowest BCUT2D eigenvalue weighted by molar-refractivity contribution is -0.136. The molecule has 0 saturated carbocycles. The number of aromatic amines is 1. The van der Waals surface area contributed by atoms with Crippen molar-refractivity contribution in [3.8, 4) is 11.5 Å². The fourth-order valence-corrected chi connectivity index (χ4v) is 4.88. The number of morpholine rings is 1. The van der Waals surface area contributed by atoms with Crippen molar-refractivity contribution in [2.75, 3.05) is 68.7 Å². The molecule has 0 aliphatic carbocycles. The predicted molar refractivity (Wildman–Crippen MR) is 137 cm³/mol. The Morgan fingerprint density at radius 2 is 1.82 bits per heavy atom. The molecule has 0 bridgehead atoms. The third kappa shape index (κ3) is 5.83. The van der Waals surface area contributed by atoms with Crippen molar-refractivity contribution in [1.82, 2.24) is 14.9 Å². The van der Waals surface area contributed by atoms with Crippen molar-refractivity contribution in [3.63, 3.8) is 0 Å². The van der Waals surface area contributed by atoms with Crippen LogP contribution >= 0.6 is 0 Å². The molecular weight excluding hydrogens is 543 g/mol. The number of benzene rings is 1. The highest BCUT2D eigenvalue weighted by Crippen LogP contribution is 2.43. The van der Waals surface area contributed by atoms with Gasteiger partial charge in [-0.1, -0.05) is 0 Å². The van der Waals surface area contributed by atoms with Gasteiger partial charge in [0.05, 0.1) is 41.2 Å². The summed E-state index contributed by atoms with van der Waals surface area (Å²) in [5.74, 6) is 0.187. The summed E-state index contributed by atoms with van der Waals surface area (Å²) in [6.45, 7) is 2.13. The lowest BCUT2D eigenvalue weighted by Gasteiger charge is -2.29. The van der Waals surface area contributed by atoms with Gasteiger partial charge < -0.3 is 34.7 Å². The van der Waals surface area contributed by atoms with Crippen molar-refractivity contribution in [1.29, 1.82) is 0 Å². The maximum Gasteiger partial charge on any atom is 0.418 e. The highest BCUT2D eigenvalue weighted by molar-refractivity contribution is 7.90. The minimum atomic E-state index is -4.66. The van der Waals surface area contributed by atoms with Crippen LogP contribution in [-0.4, -0.2) is 87.3 Å². The van der Waals surface area contributed by atoms with Gasteiger partial charge in [0.15, 0.2) is 11.5 Å². The van der Waals surface area contributed by atoms with Crippen LogP contribution in [0.4, 0.5) is 30.4 Å². The molecule has 1 aromatic carbocycles. The van der Waals surface area contributed by atoms with E-state index in [0.29, 0.717) is 37.6 Å². The minimum absolute atomic E-state index is 0.0462. The normalized spacial score (nSPS) is 15.8. The summed E-state index contributed by atoms with van der Waals surface area (Å²) in [6.07, 6.45) is -2.80. The van der Waals surface area contributed by atoms with E-state index in [2.05, 4.69) is 20.6 Å². The van der Waals surface area contributed by atoms with Crippen LogP contribution in [0.2, 0.25) is 0 Å². The molecule has 0 radical (unpaired) electrons. The average molecular weight is 570 g/mol. The molecule has 11 nitrogen and oxygen atoms in total. The van der Waals surface area contributed by atoms with Gasteiger partial charge in [0.1, 0.15) is 34.5 Å². The zero-order valence-corrected chi connectivity index (χ0v) is 21.7. The number of fused-ring (bicyclic) bond motifs is 2. The SMILES string of the molecule is CS(=O)(=O)CCNc1cc(Nc2ccc(C(=O)N3CCOCC3)c3c2OCCO3)nc2[nH]cc(C(F)(F)F)c12. The predicted octanol–water partition coefficient (Wildman–Crippen LogP) is 3.03. The molecule has 210 valence electrons. The lowest BCUT2D eigenvalue weighted by Crippen LogP contribution is -2.41. The van der Waals surface area contributed by atoms with Crippen molar-refractivity contribution in [3.05, 3.63) is 35.5 Å². The van der Waals surface area contributed by atoms with Crippen LogP contribution in [0.5, 0.6) is 11.5 Å². The zero-order chi connectivity index (χ0) is 27.8. The van der Waals surface area contributed by atoms with Gasteiger partial charge >= 0.3 is 6.18 Å². The standard InChI is InChI=1S/C24H26F3N5O6S/c1-39(34,35)11-4-28-17-12-18(31-22-19(17)15(13-29-22)24(25,26)27)30-16-3-2-14(20-21(16)38-10-9-37-20)23(33)32-5-7-36-8-6-32/h2-3,12-13H,4-11H2,1H3,(H3,28,29,30,31). The van der Waals surface area contributed by atoms with Gasteiger partial charge in [-0.3, -0.25) is 4.79 Å². The number of alkyl halides is 3. The Kier molecular flexibility index (Phi) is 7.20. The summed E-state index contributed by atoms with van der Waals surface area (Å²) in [7, 11) is -3.35. The number of sulfone groups is 1. The number of nitrogens with zero attached hydrogens (tertiary/aromatic N) is 2. The van der Waals surface area contributed by atoms with E-state index in [0.717, 1.165) is 12.5 Å². The van der Waals surface area contributed by atoms with Crippen molar-refractivity contribution in [2.45, 2.75) is 6.18 Å². The van der Waals surface area contributed by atoms with E-state index in [-0.39, 0.29) is 65.5 Å². The van der Waals surface area contributed by atoms with Crippen LogP contribution in [0.3, 0.4) is 0 Å². The maximum absolute atomic E-state index is 13.7. The highest BCUT2D eigenvalue weighted by Gasteiger charge is 2.35. The third-order valence-corrected chi connectivity index (χ3v) is 7.16. The number of H-pyrrole nitrogens is 1. The number of rotatable bonds is 7. The zero-order valence-electron chi connectivity index (χ0n) is 20.9. The van der Waals surface area contributed by atoms with Gasteiger partial charge in [0.2, 0.25) is 0 Å². The number of amides is 1. The largest absolute Gasteiger partial charge is 0.485 e. The Morgan fingerprint density at radius 3 is 2.51 bits per heavy atom. The summed E-state index contributed by atoms with van der Waals surface area (Å²) in [5, 5.41) is 5.63. The van der Waals surface area contributed by atoms with Crippen LogP contribution in [0.15, 0.2) is 24.4 Å². The molecule has 39 heavy (non-hydrogen) atoms. The number of ether oxygens (including phenoxy) is 3. The van der Waals surface area contributed by atoms with E-state index in [4.69, 9.17) is 14.2 Å². The summed E-state index contributed by atoms with van der Waals surface area (Å²) in [6, 6.07) is 4.56. The molecule has 1 saturated heterocycles. The topological polar surface area (TPSA) is 135 Å². The number of hydrogen-bond donors (Lipinski definition) is 3. The van der Waals surface area contributed by atoms with Gasteiger partial charge in [-0.05, 0) is 12.1 Å². The molecule has 4 heterocycles. The second kappa shape index (κ2) is 10.4. The molecule has 3 N–H and O–H groups in total. The van der Waals surface area contributed by atoms with Crippen LogP contribution in [0.25, 0.3) is 11.0 Å². The molecule has 15 heteroatoms. The number of carbonyl (C=O) groups is 1. The van der Waals surface area contributed by atoms with E-state index in [1.807, 2.05) is 0 Å². The van der Waals surface area contributed by atoms with Crippen molar-refractivity contribution < 1.29 is 40.6 Å². The van der Waals surface area contributed by atoms with Gasteiger partial charge in [-0.15, -0.1) is 0 Å². The summed E-state index contributed by atoms with van der Waals surface area (Å²) in [5.41, 5.74) is -0.231. The molecule has 2 aromatic heterocycles. The van der Waals surface area contributed by atoms with Crippen LogP contribution < -0.4 is 20.1 Å². The van der Waals surface area contributed by atoms with E-state index in [1.165, 1.54) is 6.07 Å². The molecule has 2 aliphatic heterocycles. The van der Waals surface area contributed by atoms with Crippen LogP contribution in [0.1, 0.15) is 15.9 Å². The lowest BCUT2D eigenvalue weighted by atomic mass is 10.1. The molecule has 1 amide bonds. The molecule has 0 spiro atoms. The number of halogens is 3. The van der Waals surface area contributed by atoms with E-state index < -0.39 is 21.6 Å². The number of carbonyl (C=O) groups excluding carboxylic acids is 1. The monoisotopic (exact) mass is 569 g/mol. The highest BCUT2D eigenvalue weighted by atomic mass is 32.2. The quantitative estimate of drug-likeness (QED) is 0.393. The minimum Gasteiger partial charge on any atom is -0.485 e. The first-order chi connectivity index (χ1) is 18.5. The number of anilines is 3. The first-order valence-electron chi connectivity index (χ1n) is 12.1. The van der Waals surface area contributed by atoms with E-state index in [1.54, 1.807) is 17.0 Å². The number of pyridine rings is 1. The Hall–Kier alpha value is -3.72.